The van der Waals surface area contributed by atoms with Gasteiger partial charge in [0.1, 0.15) is 0 Å². The Hall–Kier alpha value is -1.86. The second-order valence-electron chi connectivity index (χ2n) is 3.98. The van der Waals surface area contributed by atoms with Gasteiger partial charge in [0.25, 0.3) is 0 Å². The molecule has 8 heteroatoms. The van der Waals surface area contributed by atoms with E-state index < -0.39 is 52.3 Å². The summed E-state index contributed by atoms with van der Waals surface area (Å²) in [6.45, 7) is 0. The quantitative estimate of drug-likeness (QED) is 0.655. The summed E-state index contributed by atoms with van der Waals surface area (Å²) in [6.07, 6.45) is -0.622. The SMILES string of the molecule is FC1=C(F)C(F)(F)C(F)(F)C=C1c1cccc(F)c1F. The Labute approximate surface area is 107 Å². The fourth-order valence-electron chi connectivity index (χ4n) is 1.65. The van der Waals surface area contributed by atoms with Crippen LogP contribution in [0.4, 0.5) is 35.1 Å². The highest BCUT2D eigenvalue weighted by atomic mass is 19.3. The summed E-state index contributed by atoms with van der Waals surface area (Å²) < 4.78 is 105. The fraction of sp³-hybridized carbons (Fsp3) is 0.167. The summed E-state index contributed by atoms with van der Waals surface area (Å²) in [5.41, 5.74) is -2.54. The zero-order valence-electron chi connectivity index (χ0n) is 9.33. The first-order valence-electron chi connectivity index (χ1n) is 5.08. The first kappa shape index (κ1) is 14.5. The molecule has 0 amide bonds. The first-order chi connectivity index (χ1) is 9.09. The average molecular weight is 300 g/mol. The number of benzene rings is 1. The van der Waals surface area contributed by atoms with Gasteiger partial charge in [-0.15, -0.1) is 0 Å². The van der Waals surface area contributed by atoms with Gasteiger partial charge in [-0.05, 0) is 6.07 Å². The summed E-state index contributed by atoms with van der Waals surface area (Å²) in [5, 5.41) is 0. The third-order valence-corrected chi connectivity index (χ3v) is 2.69. The maximum absolute atomic E-state index is 13.4. The third-order valence-electron chi connectivity index (χ3n) is 2.69. The van der Waals surface area contributed by atoms with Crippen molar-refractivity contribution < 1.29 is 35.1 Å². The van der Waals surface area contributed by atoms with Crippen LogP contribution in [0.3, 0.4) is 0 Å². The lowest BCUT2D eigenvalue weighted by Gasteiger charge is -2.27. The molecule has 0 saturated carbocycles. The van der Waals surface area contributed by atoms with Crippen molar-refractivity contribution >= 4 is 5.57 Å². The van der Waals surface area contributed by atoms with E-state index in [1.54, 1.807) is 0 Å². The summed E-state index contributed by atoms with van der Waals surface area (Å²) in [4.78, 5) is 0. The number of hydrogen-bond donors (Lipinski definition) is 0. The monoisotopic (exact) mass is 300 g/mol. The van der Waals surface area contributed by atoms with Crippen LogP contribution in [0.25, 0.3) is 5.57 Å². The van der Waals surface area contributed by atoms with E-state index in [4.69, 9.17) is 0 Å². The van der Waals surface area contributed by atoms with Crippen molar-refractivity contribution in [3.05, 3.63) is 53.1 Å². The number of rotatable bonds is 1. The van der Waals surface area contributed by atoms with Gasteiger partial charge in [0.15, 0.2) is 17.5 Å². The van der Waals surface area contributed by atoms with Crippen LogP contribution in [-0.4, -0.2) is 11.8 Å². The zero-order valence-corrected chi connectivity index (χ0v) is 9.33. The molecular weight excluding hydrogens is 296 g/mol. The van der Waals surface area contributed by atoms with Crippen molar-refractivity contribution in [1.29, 1.82) is 0 Å². The normalized spacial score (nSPS) is 20.9. The molecule has 0 saturated heterocycles. The minimum Gasteiger partial charge on any atom is -0.204 e. The Morgan fingerprint density at radius 1 is 0.850 bits per heavy atom. The fourth-order valence-corrected chi connectivity index (χ4v) is 1.65. The number of hydrogen-bond acceptors (Lipinski definition) is 0. The lowest BCUT2D eigenvalue weighted by molar-refractivity contribution is -0.167. The van der Waals surface area contributed by atoms with Crippen LogP contribution in [0.15, 0.2) is 35.9 Å². The van der Waals surface area contributed by atoms with Gasteiger partial charge in [-0.2, -0.15) is 17.6 Å². The molecule has 0 nitrogen and oxygen atoms in total. The van der Waals surface area contributed by atoms with Crippen LogP contribution in [0.5, 0.6) is 0 Å². The predicted octanol–water partition coefficient (Wildman–Crippen LogP) is 4.78. The summed E-state index contributed by atoms with van der Waals surface area (Å²) in [6, 6.07) is 2.11. The summed E-state index contributed by atoms with van der Waals surface area (Å²) >= 11 is 0. The van der Waals surface area contributed by atoms with Crippen molar-refractivity contribution in [3.63, 3.8) is 0 Å². The van der Waals surface area contributed by atoms with E-state index in [1.807, 2.05) is 0 Å². The highest BCUT2D eigenvalue weighted by molar-refractivity contribution is 5.80. The van der Waals surface area contributed by atoms with Crippen LogP contribution in [0, 0.1) is 11.6 Å². The minimum absolute atomic E-state index is 0.604. The number of allylic oxidation sites excluding steroid dienone is 4. The van der Waals surface area contributed by atoms with Crippen LogP contribution in [-0.2, 0) is 0 Å². The van der Waals surface area contributed by atoms with Gasteiger partial charge < -0.3 is 0 Å². The molecule has 0 spiro atoms. The maximum Gasteiger partial charge on any atom is 0.367 e. The molecule has 1 aliphatic carbocycles. The molecule has 0 bridgehead atoms. The van der Waals surface area contributed by atoms with E-state index in [1.165, 1.54) is 0 Å². The molecule has 1 aliphatic rings. The number of halogens is 8. The molecule has 20 heavy (non-hydrogen) atoms. The second-order valence-corrected chi connectivity index (χ2v) is 3.98. The Kier molecular flexibility index (Phi) is 3.14. The smallest absolute Gasteiger partial charge is 0.204 e. The van der Waals surface area contributed by atoms with Crippen molar-refractivity contribution in [2.24, 2.45) is 0 Å². The van der Waals surface area contributed by atoms with Gasteiger partial charge in [0.05, 0.1) is 0 Å². The van der Waals surface area contributed by atoms with Crippen molar-refractivity contribution in [2.45, 2.75) is 11.8 Å². The van der Waals surface area contributed by atoms with Gasteiger partial charge in [-0.25, -0.2) is 17.6 Å². The van der Waals surface area contributed by atoms with Gasteiger partial charge in [-0.3, -0.25) is 0 Å². The topological polar surface area (TPSA) is 0 Å². The van der Waals surface area contributed by atoms with E-state index in [9.17, 15) is 35.1 Å². The Morgan fingerprint density at radius 2 is 1.45 bits per heavy atom. The lowest BCUT2D eigenvalue weighted by Crippen LogP contribution is -2.42. The van der Waals surface area contributed by atoms with Gasteiger partial charge in [-0.1, -0.05) is 12.1 Å². The summed E-state index contributed by atoms with van der Waals surface area (Å²) in [7, 11) is 0. The Bertz CT molecular complexity index is 626. The van der Waals surface area contributed by atoms with Gasteiger partial charge in [0, 0.05) is 17.2 Å². The van der Waals surface area contributed by atoms with Crippen molar-refractivity contribution in [1.82, 2.24) is 0 Å². The van der Waals surface area contributed by atoms with Crippen LogP contribution >= 0.6 is 0 Å². The molecular formula is C12H4F8. The van der Waals surface area contributed by atoms with E-state index in [0.29, 0.717) is 12.1 Å². The molecule has 0 fully saturated rings. The highest BCUT2D eigenvalue weighted by Gasteiger charge is 2.62. The van der Waals surface area contributed by atoms with Crippen molar-refractivity contribution in [3.8, 4) is 0 Å². The summed E-state index contributed by atoms with van der Waals surface area (Å²) in [5.74, 6) is -19.1. The zero-order chi connectivity index (χ0) is 15.3. The molecule has 0 radical (unpaired) electrons. The standard InChI is InChI=1S/C12H4F8/c13-7-3-1-2-5(8(7)14)6-4-11(17,18)12(19,20)10(16)9(6)15/h1-4H. The third kappa shape index (κ3) is 1.90. The van der Waals surface area contributed by atoms with E-state index in [2.05, 4.69) is 0 Å². The molecule has 0 atom stereocenters. The molecule has 0 aliphatic heterocycles. The Morgan fingerprint density at radius 3 is 2.05 bits per heavy atom. The molecule has 108 valence electrons. The number of alkyl halides is 4. The van der Waals surface area contributed by atoms with E-state index in [-0.39, 0.29) is 0 Å². The molecule has 0 aromatic heterocycles. The largest absolute Gasteiger partial charge is 0.367 e. The predicted molar refractivity (Wildman–Crippen MR) is 53.5 cm³/mol. The minimum atomic E-state index is -5.38. The van der Waals surface area contributed by atoms with Crippen LogP contribution in [0.1, 0.15) is 5.56 Å². The highest BCUT2D eigenvalue weighted by Crippen LogP contribution is 2.50. The van der Waals surface area contributed by atoms with Gasteiger partial charge in [0.2, 0.25) is 5.83 Å². The van der Waals surface area contributed by atoms with Gasteiger partial charge >= 0.3 is 11.8 Å². The van der Waals surface area contributed by atoms with Crippen molar-refractivity contribution in [2.75, 3.05) is 0 Å². The molecule has 0 N–H and O–H groups in total. The average Bonchev–Trinajstić information content (AvgIpc) is 2.36. The van der Waals surface area contributed by atoms with Crippen LogP contribution in [0.2, 0.25) is 0 Å². The molecule has 2 rings (SSSR count). The molecule has 0 unspecified atom stereocenters. The Balaban J connectivity index is 2.70. The lowest BCUT2D eigenvalue weighted by atomic mass is 9.93. The van der Waals surface area contributed by atoms with E-state index >= 15 is 0 Å². The van der Waals surface area contributed by atoms with Crippen LogP contribution < -0.4 is 0 Å². The van der Waals surface area contributed by atoms with E-state index in [0.717, 1.165) is 6.07 Å². The molecule has 1 aromatic carbocycles. The molecule has 1 aromatic rings. The molecule has 0 heterocycles. The second kappa shape index (κ2) is 4.32. The first-order valence-corrected chi connectivity index (χ1v) is 5.08. The maximum atomic E-state index is 13.4.